The first-order valence-electron chi connectivity index (χ1n) is 1.96. The minimum absolute atomic E-state index is 0.0183. The molecule has 0 aromatic carbocycles. The fourth-order valence-corrected chi connectivity index (χ4v) is 0.192. The summed E-state index contributed by atoms with van der Waals surface area (Å²) in [5.74, 6) is 0. The van der Waals surface area contributed by atoms with E-state index in [1.807, 2.05) is 0 Å². The van der Waals surface area contributed by atoms with Crippen LogP contribution in [0.15, 0.2) is 17.3 Å². The molecule has 0 aliphatic heterocycles. The van der Waals surface area contributed by atoms with Crippen molar-refractivity contribution in [3.8, 4) is 0 Å². The molecule has 0 aliphatic carbocycles. The van der Waals surface area contributed by atoms with Crippen LogP contribution >= 0.6 is 0 Å². The van der Waals surface area contributed by atoms with Gasteiger partial charge in [-0.15, -0.1) is 0 Å². The molecular formula is C4H7NO2. The Morgan fingerprint density at radius 2 is 2.29 bits per heavy atom. The lowest BCUT2D eigenvalue weighted by Gasteiger charge is -1.72. The molecule has 0 spiro atoms. The number of hydrogen-bond acceptors (Lipinski definition) is 3. The quantitative estimate of drug-likeness (QED) is 0.410. The molecule has 0 fully saturated rings. The maximum absolute atomic E-state index is 9.30. The third kappa shape index (κ3) is 5.30. The first-order chi connectivity index (χ1) is 3.41. The van der Waals surface area contributed by atoms with Gasteiger partial charge in [0.1, 0.15) is 0 Å². The van der Waals surface area contributed by atoms with E-state index in [0.717, 1.165) is 0 Å². The summed E-state index contributed by atoms with van der Waals surface area (Å²) in [6, 6.07) is 0. The summed E-state index contributed by atoms with van der Waals surface area (Å²) in [5.41, 5.74) is 0. The Morgan fingerprint density at radius 3 is 2.71 bits per heavy atom. The molecule has 3 heteroatoms. The van der Waals surface area contributed by atoms with E-state index in [0.29, 0.717) is 0 Å². The van der Waals surface area contributed by atoms with E-state index in [-0.39, 0.29) is 13.2 Å². The number of aliphatic hydroxyl groups is 1. The predicted octanol–water partition coefficient (Wildman–Crippen LogP) is 0.301. The number of nitroso groups, excluding NO2 is 1. The van der Waals surface area contributed by atoms with Crippen LogP contribution in [0, 0.1) is 4.91 Å². The molecular weight excluding hydrogens is 94.0 g/mol. The Kier molecular flexibility index (Phi) is 4.77. The standard InChI is InChI=1S/C4H7NO2/c6-4-2-1-3-5-7/h1-2,6H,3-4H2/b2-1-. The van der Waals surface area contributed by atoms with Gasteiger partial charge in [-0.3, -0.25) is 0 Å². The Labute approximate surface area is 41.6 Å². The molecule has 3 nitrogen and oxygen atoms in total. The van der Waals surface area contributed by atoms with Crippen LogP contribution in [0.4, 0.5) is 0 Å². The summed E-state index contributed by atoms with van der Waals surface area (Å²) in [4.78, 5) is 9.30. The Balaban J connectivity index is 2.92. The number of hydrogen-bond donors (Lipinski definition) is 1. The third-order valence-electron chi connectivity index (χ3n) is 0.452. The van der Waals surface area contributed by atoms with E-state index in [1.54, 1.807) is 0 Å². The average molecular weight is 101 g/mol. The summed E-state index contributed by atoms with van der Waals surface area (Å²) >= 11 is 0. The smallest absolute Gasteiger partial charge is 0.0993 e. The van der Waals surface area contributed by atoms with Gasteiger partial charge in [0.25, 0.3) is 0 Å². The lowest BCUT2D eigenvalue weighted by molar-refractivity contribution is 0.342. The molecule has 0 radical (unpaired) electrons. The van der Waals surface area contributed by atoms with Crippen LogP contribution in [-0.2, 0) is 0 Å². The minimum Gasteiger partial charge on any atom is -0.392 e. The topological polar surface area (TPSA) is 49.7 Å². The van der Waals surface area contributed by atoms with Gasteiger partial charge in [-0.1, -0.05) is 17.3 Å². The molecule has 0 unspecified atom stereocenters. The van der Waals surface area contributed by atoms with Crippen molar-refractivity contribution in [2.24, 2.45) is 5.18 Å². The Morgan fingerprint density at radius 1 is 1.57 bits per heavy atom. The van der Waals surface area contributed by atoms with E-state index >= 15 is 0 Å². The van der Waals surface area contributed by atoms with E-state index < -0.39 is 0 Å². The summed E-state index contributed by atoms with van der Waals surface area (Å²) in [6.45, 7) is 0.135. The first kappa shape index (κ1) is 6.30. The lowest BCUT2D eigenvalue weighted by atomic mass is 10.5. The van der Waals surface area contributed by atoms with Gasteiger partial charge in [-0.05, 0) is 0 Å². The van der Waals surface area contributed by atoms with Crippen molar-refractivity contribution in [2.45, 2.75) is 0 Å². The highest BCUT2D eigenvalue weighted by atomic mass is 16.3. The van der Waals surface area contributed by atoms with Crippen LogP contribution in [0.25, 0.3) is 0 Å². The van der Waals surface area contributed by atoms with Gasteiger partial charge < -0.3 is 5.11 Å². The van der Waals surface area contributed by atoms with E-state index in [9.17, 15) is 4.91 Å². The molecule has 0 saturated heterocycles. The van der Waals surface area contributed by atoms with Gasteiger partial charge in [0, 0.05) is 0 Å². The van der Waals surface area contributed by atoms with Crippen molar-refractivity contribution in [2.75, 3.05) is 13.2 Å². The monoisotopic (exact) mass is 101 g/mol. The second-order valence-electron chi connectivity index (χ2n) is 0.966. The van der Waals surface area contributed by atoms with Crippen molar-refractivity contribution in [1.29, 1.82) is 0 Å². The molecule has 1 N–H and O–H groups in total. The Hall–Kier alpha value is -0.700. The van der Waals surface area contributed by atoms with Crippen LogP contribution in [0.1, 0.15) is 0 Å². The average Bonchev–Trinajstić information content (AvgIpc) is 1.69. The maximum atomic E-state index is 9.30. The molecule has 0 rings (SSSR count). The van der Waals surface area contributed by atoms with Crippen molar-refractivity contribution < 1.29 is 5.11 Å². The molecule has 0 saturated carbocycles. The normalized spacial score (nSPS) is 9.86. The van der Waals surface area contributed by atoms with Crippen molar-refractivity contribution >= 4 is 0 Å². The summed E-state index contributed by atoms with van der Waals surface area (Å²) in [5, 5.41) is 10.6. The molecule has 0 aliphatic rings. The fourth-order valence-electron chi connectivity index (χ4n) is 0.192. The summed E-state index contributed by atoms with van der Waals surface area (Å²) in [6.07, 6.45) is 2.98. The highest BCUT2D eigenvalue weighted by molar-refractivity contribution is 4.82. The fraction of sp³-hybridized carbons (Fsp3) is 0.500. The molecule has 0 bridgehead atoms. The van der Waals surface area contributed by atoms with E-state index in [4.69, 9.17) is 5.11 Å². The molecule has 0 aromatic rings. The van der Waals surface area contributed by atoms with Crippen molar-refractivity contribution in [3.05, 3.63) is 17.1 Å². The second-order valence-corrected chi connectivity index (χ2v) is 0.966. The van der Waals surface area contributed by atoms with E-state index in [1.165, 1.54) is 12.2 Å². The van der Waals surface area contributed by atoms with Crippen molar-refractivity contribution in [3.63, 3.8) is 0 Å². The van der Waals surface area contributed by atoms with Crippen LogP contribution in [0.5, 0.6) is 0 Å². The zero-order valence-corrected chi connectivity index (χ0v) is 3.87. The van der Waals surface area contributed by atoms with E-state index in [2.05, 4.69) is 5.18 Å². The van der Waals surface area contributed by atoms with Gasteiger partial charge in [0.15, 0.2) is 0 Å². The predicted molar refractivity (Wildman–Crippen MR) is 26.9 cm³/mol. The first-order valence-corrected chi connectivity index (χ1v) is 1.96. The summed E-state index contributed by atoms with van der Waals surface area (Å²) in [7, 11) is 0. The highest BCUT2D eigenvalue weighted by Crippen LogP contribution is 1.70. The van der Waals surface area contributed by atoms with Crippen LogP contribution in [-0.4, -0.2) is 18.3 Å². The third-order valence-corrected chi connectivity index (χ3v) is 0.452. The zero-order chi connectivity index (χ0) is 5.54. The molecule has 40 valence electrons. The SMILES string of the molecule is O=NC/C=C\CO. The highest BCUT2D eigenvalue weighted by Gasteiger charge is 1.67. The molecule has 0 amide bonds. The molecule has 0 heterocycles. The van der Waals surface area contributed by atoms with Gasteiger partial charge in [0.2, 0.25) is 0 Å². The molecule has 0 aromatic heterocycles. The summed E-state index contributed by atoms with van der Waals surface area (Å²) < 4.78 is 0. The van der Waals surface area contributed by atoms with Crippen LogP contribution in [0.2, 0.25) is 0 Å². The van der Waals surface area contributed by atoms with Gasteiger partial charge in [-0.2, -0.15) is 4.91 Å². The van der Waals surface area contributed by atoms with Crippen molar-refractivity contribution in [1.82, 2.24) is 0 Å². The maximum Gasteiger partial charge on any atom is 0.0993 e. The molecule has 7 heavy (non-hydrogen) atoms. The van der Waals surface area contributed by atoms with Gasteiger partial charge in [-0.25, -0.2) is 0 Å². The molecule has 0 atom stereocenters. The minimum atomic E-state index is -0.0183. The largest absolute Gasteiger partial charge is 0.392 e. The number of aliphatic hydroxyl groups excluding tert-OH is 1. The Bertz CT molecular complexity index is 70.1. The number of rotatable bonds is 3. The van der Waals surface area contributed by atoms with Gasteiger partial charge in [0.05, 0.1) is 13.2 Å². The van der Waals surface area contributed by atoms with Crippen LogP contribution < -0.4 is 0 Å². The number of nitrogens with zero attached hydrogens (tertiary/aromatic N) is 1. The van der Waals surface area contributed by atoms with Crippen LogP contribution in [0.3, 0.4) is 0 Å². The second kappa shape index (κ2) is 5.30. The van der Waals surface area contributed by atoms with Gasteiger partial charge >= 0.3 is 0 Å². The lowest BCUT2D eigenvalue weighted by Crippen LogP contribution is -1.72. The zero-order valence-electron chi connectivity index (χ0n) is 3.87.